The largest absolute Gasteiger partial charge is 0.497 e. The third kappa shape index (κ3) is 5.83. The summed E-state index contributed by atoms with van der Waals surface area (Å²) in [5, 5.41) is 6.61. The minimum atomic E-state index is -4.38. The first-order chi connectivity index (χ1) is 11.9. The molecule has 0 aliphatic rings. The number of ether oxygens (including phenoxy) is 1. The number of nitrogens with zero attached hydrogens (tertiary/aromatic N) is 1. The van der Waals surface area contributed by atoms with Crippen LogP contribution in [0, 0.1) is 0 Å². The van der Waals surface area contributed by atoms with Crippen LogP contribution in [0.3, 0.4) is 0 Å². The van der Waals surface area contributed by atoms with Crippen molar-refractivity contribution in [2.75, 3.05) is 19.0 Å². The van der Waals surface area contributed by atoms with E-state index in [4.69, 9.17) is 4.74 Å². The lowest BCUT2D eigenvalue weighted by Gasteiger charge is -2.07. The van der Waals surface area contributed by atoms with Crippen LogP contribution in [0.1, 0.15) is 11.1 Å². The molecule has 0 fully saturated rings. The third-order valence-corrected chi connectivity index (χ3v) is 3.16. The Kier molecular flexibility index (Phi) is 5.99. The molecular formula is C17H16F3N3O2. The van der Waals surface area contributed by atoms with E-state index in [-0.39, 0.29) is 6.54 Å². The number of benzene rings is 2. The first-order valence-electron chi connectivity index (χ1n) is 7.25. The highest BCUT2D eigenvalue weighted by atomic mass is 19.4. The summed E-state index contributed by atoms with van der Waals surface area (Å²) in [7, 11) is 1.54. The van der Waals surface area contributed by atoms with Gasteiger partial charge in [0.15, 0.2) is 0 Å². The van der Waals surface area contributed by atoms with Crippen LogP contribution in [0.15, 0.2) is 53.6 Å². The number of rotatable bonds is 6. The number of halogens is 3. The second-order valence-corrected chi connectivity index (χ2v) is 5.00. The molecule has 0 bridgehead atoms. The summed E-state index contributed by atoms with van der Waals surface area (Å²) >= 11 is 0. The molecule has 0 radical (unpaired) electrons. The van der Waals surface area contributed by atoms with E-state index in [0.717, 1.165) is 12.1 Å². The van der Waals surface area contributed by atoms with Gasteiger partial charge in [0.25, 0.3) is 5.91 Å². The molecule has 0 aliphatic carbocycles. The number of hydrogen-bond donors (Lipinski definition) is 2. The molecule has 0 aromatic heterocycles. The van der Waals surface area contributed by atoms with Gasteiger partial charge in [-0.15, -0.1) is 0 Å². The lowest BCUT2D eigenvalue weighted by molar-refractivity contribution is -0.137. The summed E-state index contributed by atoms with van der Waals surface area (Å²) in [6, 6.07) is 11.5. The minimum absolute atomic E-state index is 0.0164. The Labute approximate surface area is 142 Å². The molecule has 132 valence electrons. The van der Waals surface area contributed by atoms with Gasteiger partial charge in [-0.2, -0.15) is 18.3 Å². The lowest BCUT2D eigenvalue weighted by Crippen LogP contribution is -2.25. The van der Waals surface area contributed by atoms with Gasteiger partial charge < -0.3 is 10.1 Å². The number of anilines is 1. The fourth-order valence-corrected chi connectivity index (χ4v) is 1.89. The molecule has 0 atom stereocenters. The van der Waals surface area contributed by atoms with Crippen LogP contribution in [0.5, 0.6) is 5.75 Å². The van der Waals surface area contributed by atoms with E-state index in [1.54, 1.807) is 31.4 Å². The van der Waals surface area contributed by atoms with Crippen LogP contribution in [-0.2, 0) is 11.0 Å². The summed E-state index contributed by atoms with van der Waals surface area (Å²) in [5.74, 6) is 0.261. The Morgan fingerprint density at radius 2 is 1.92 bits per heavy atom. The Hall–Kier alpha value is -3.03. The van der Waals surface area contributed by atoms with Gasteiger partial charge in [0, 0.05) is 11.8 Å². The summed E-state index contributed by atoms with van der Waals surface area (Å²) in [4.78, 5) is 11.7. The zero-order valence-corrected chi connectivity index (χ0v) is 13.3. The molecular weight excluding hydrogens is 335 g/mol. The summed E-state index contributed by atoms with van der Waals surface area (Å²) in [6.07, 6.45) is -3.11. The standard InChI is InChI=1S/C17H16F3N3O2/c1-25-15-4-2-3-14(9-15)21-11-16(24)23-22-10-12-5-7-13(8-6-12)17(18,19)20/h2-10,21H,11H2,1H3,(H,23,24)/b22-10-. The van der Waals surface area contributed by atoms with Crippen molar-refractivity contribution in [2.45, 2.75) is 6.18 Å². The number of methoxy groups -OCH3 is 1. The smallest absolute Gasteiger partial charge is 0.416 e. The van der Waals surface area contributed by atoms with Crippen molar-refractivity contribution in [3.63, 3.8) is 0 Å². The zero-order valence-electron chi connectivity index (χ0n) is 13.3. The van der Waals surface area contributed by atoms with Gasteiger partial charge in [-0.05, 0) is 29.8 Å². The van der Waals surface area contributed by atoms with Crippen molar-refractivity contribution >= 4 is 17.8 Å². The van der Waals surface area contributed by atoms with E-state index in [1.165, 1.54) is 18.3 Å². The van der Waals surface area contributed by atoms with Crippen molar-refractivity contribution in [1.29, 1.82) is 0 Å². The quantitative estimate of drug-likeness (QED) is 0.620. The van der Waals surface area contributed by atoms with E-state index in [1.807, 2.05) is 0 Å². The van der Waals surface area contributed by atoms with Gasteiger partial charge in [-0.1, -0.05) is 18.2 Å². The molecule has 25 heavy (non-hydrogen) atoms. The van der Waals surface area contributed by atoms with E-state index >= 15 is 0 Å². The SMILES string of the molecule is COc1cccc(NCC(=O)N/N=C\c2ccc(C(F)(F)F)cc2)c1. The number of carbonyl (C=O) groups is 1. The van der Waals surface area contributed by atoms with Gasteiger partial charge in [0.05, 0.1) is 25.4 Å². The maximum atomic E-state index is 12.4. The van der Waals surface area contributed by atoms with Crippen LogP contribution in [-0.4, -0.2) is 25.8 Å². The normalized spacial score (nSPS) is 11.4. The summed E-state index contributed by atoms with van der Waals surface area (Å²) in [5.41, 5.74) is 2.70. The summed E-state index contributed by atoms with van der Waals surface area (Å²) in [6.45, 7) is -0.0164. The van der Waals surface area contributed by atoms with E-state index in [9.17, 15) is 18.0 Å². The monoisotopic (exact) mass is 351 g/mol. The predicted molar refractivity (Wildman–Crippen MR) is 88.7 cm³/mol. The molecule has 2 aromatic carbocycles. The van der Waals surface area contributed by atoms with Crippen molar-refractivity contribution in [3.8, 4) is 5.75 Å². The Balaban J connectivity index is 1.82. The molecule has 8 heteroatoms. The number of amides is 1. The number of hydrogen-bond acceptors (Lipinski definition) is 4. The van der Waals surface area contributed by atoms with Crippen LogP contribution < -0.4 is 15.5 Å². The number of nitrogens with one attached hydrogen (secondary N) is 2. The first-order valence-corrected chi connectivity index (χ1v) is 7.25. The van der Waals surface area contributed by atoms with Gasteiger partial charge in [-0.3, -0.25) is 4.79 Å². The molecule has 2 aromatic rings. The van der Waals surface area contributed by atoms with Crippen LogP contribution >= 0.6 is 0 Å². The van der Waals surface area contributed by atoms with E-state index < -0.39 is 17.6 Å². The molecule has 0 spiro atoms. The third-order valence-electron chi connectivity index (χ3n) is 3.16. The predicted octanol–water partition coefficient (Wildman–Crippen LogP) is 3.28. The number of carbonyl (C=O) groups excluding carboxylic acids is 1. The molecule has 0 unspecified atom stereocenters. The second kappa shape index (κ2) is 8.18. The number of hydrazone groups is 1. The Morgan fingerprint density at radius 3 is 2.56 bits per heavy atom. The van der Waals surface area contributed by atoms with Gasteiger partial charge in [0.2, 0.25) is 0 Å². The molecule has 0 saturated carbocycles. The molecule has 5 nitrogen and oxygen atoms in total. The van der Waals surface area contributed by atoms with Crippen LogP contribution in [0.4, 0.5) is 18.9 Å². The van der Waals surface area contributed by atoms with Crippen molar-refractivity contribution in [2.24, 2.45) is 5.10 Å². The van der Waals surface area contributed by atoms with Crippen LogP contribution in [0.2, 0.25) is 0 Å². The zero-order chi connectivity index (χ0) is 18.3. The van der Waals surface area contributed by atoms with E-state index in [2.05, 4.69) is 15.8 Å². The maximum absolute atomic E-state index is 12.4. The first kappa shape index (κ1) is 18.3. The minimum Gasteiger partial charge on any atom is -0.497 e. The molecule has 2 rings (SSSR count). The average molecular weight is 351 g/mol. The lowest BCUT2D eigenvalue weighted by atomic mass is 10.1. The molecule has 0 saturated heterocycles. The van der Waals surface area contributed by atoms with Gasteiger partial charge in [0.1, 0.15) is 5.75 Å². The fourth-order valence-electron chi connectivity index (χ4n) is 1.89. The Bertz CT molecular complexity index is 744. The van der Waals surface area contributed by atoms with Crippen molar-refractivity contribution in [1.82, 2.24) is 5.43 Å². The van der Waals surface area contributed by atoms with Crippen LogP contribution in [0.25, 0.3) is 0 Å². The fraction of sp³-hybridized carbons (Fsp3) is 0.176. The highest BCUT2D eigenvalue weighted by molar-refractivity contribution is 5.84. The van der Waals surface area contributed by atoms with Gasteiger partial charge >= 0.3 is 6.18 Å². The average Bonchev–Trinajstić information content (AvgIpc) is 2.60. The molecule has 0 heterocycles. The maximum Gasteiger partial charge on any atom is 0.416 e. The number of alkyl halides is 3. The topological polar surface area (TPSA) is 62.7 Å². The highest BCUT2D eigenvalue weighted by Crippen LogP contribution is 2.28. The molecule has 1 amide bonds. The van der Waals surface area contributed by atoms with Gasteiger partial charge in [-0.25, -0.2) is 5.43 Å². The summed E-state index contributed by atoms with van der Waals surface area (Å²) < 4.78 is 42.4. The van der Waals surface area contributed by atoms with E-state index in [0.29, 0.717) is 17.0 Å². The highest BCUT2D eigenvalue weighted by Gasteiger charge is 2.29. The van der Waals surface area contributed by atoms with Crippen molar-refractivity contribution in [3.05, 3.63) is 59.7 Å². The molecule has 0 aliphatic heterocycles. The van der Waals surface area contributed by atoms with Crippen molar-refractivity contribution < 1.29 is 22.7 Å². The Morgan fingerprint density at radius 1 is 1.20 bits per heavy atom. The second-order valence-electron chi connectivity index (χ2n) is 5.00. The molecule has 2 N–H and O–H groups in total.